The third kappa shape index (κ3) is 9.13. The number of benzene rings is 4. The standard InChI is InChI=1S/C50H46N4O9/c1-6-61-39-14-12-32(13-15-39)49(57)54(26-37-22-35-24-44(59-4)45(60-5)25-42(35)51-47(37)55)29-41-16-17-43(63-41)33-9-7-10-34(21-33)50(58)53(28-40-11-8-18-62-40)27-38-23-36-20-30(2)19-31(3)46(36)52-48(38)56/h7-25H,6,26-29H2,1-5H3,(H,51,55)(H,52,56). The largest absolute Gasteiger partial charge is 0.494 e. The topological polar surface area (TPSA) is 160 Å². The number of carbonyl (C=O) groups excluding carboxylic acids is 2. The van der Waals surface area contributed by atoms with Crippen molar-refractivity contribution in [3.8, 4) is 28.6 Å². The lowest BCUT2D eigenvalue weighted by Crippen LogP contribution is -2.32. The number of methoxy groups -OCH3 is 2. The van der Waals surface area contributed by atoms with Gasteiger partial charge in [0.05, 0.1) is 64.3 Å². The van der Waals surface area contributed by atoms with Gasteiger partial charge in [0.25, 0.3) is 22.9 Å². The van der Waals surface area contributed by atoms with Gasteiger partial charge in [-0.1, -0.05) is 23.8 Å². The van der Waals surface area contributed by atoms with Crippen LogP contribution in [0.2, 0.25) is 0 Å². The summed E-state index contributed by atoms with van der Waals surface area (Å²) in [5.74, 6) is 2.43. The van der Waals surface area contributed by atoms with E-state index in [0.29, 0.717) is 79.9 Å². The van der Waals surface area contributed by atoms with Crippen molar-refractivity contribution in [3.05, 3.63) is 181 Å². The number of carbonyl (C=O) groups is 2. The van der Waals surface area contributed by atoms with Gasteiger partial charge in [-0.25, -0.2) is 0 Å². The second kappa shape index (κ2) is 18.0. The molecule has 0 atom stereocenters. The third-order valence-corrected chi connectivity index (χ3v) is 10.8. The van der Waals surface area contributed by atoms with Crippen LogP contribution in [-0.2, 0) is 26.2 Å². The van der Waals surface area contributed by atoms with Crippen LogP contribution in [-0.4, -0.2) is 52.4 Å². The summed E-state index contributed by atoms with van der Waals surface area (Å²) in [4.78, 5) is 64.5. The fourth-order valence-electron chi connectivity index (χ4n) is 7.78. The van der Waals surface area contributed by atoms with Crippen molar-refractivity contribution < 1.29 is 32.6 Å². The Hall–Kier alpha value is -7.80. The fraction of sp³-hybridized carbons (Fsp3) is 0.200. The van der Waals surface area contributed by atoms with E-state index >= 15 is 0 Å². The Morgan fingerprint density at radius 3 is 2.03 bits per heavy atom. The molecule has 63 heavy (non-hydrogen) atoms. The molecule has 2 N–H and O–H groups in total. The quantitative estimate of drug-likeness (QED) is 0.103. The molecule has 0 spiro atoms. The van der Waals surface area contributed by atoms with E-state index in [4.69, 9.17) is 23.0 Å². The number of fused-ring (bicyclic) bond motifs is 2. The number of rotatable bonds is 15. The molecule has 4 heterocycles. The van der Waals surface area contributed by atoms with Crippen LogP contribution in [0.15, 0.2) is 134 Å². The monoisotopic (exact) mass is 846 g/mol. The number of furan rings is 2. The van der Waals surface area contributed by atoms with E-state index in [1.807, 2.05) is 45.0 Å². The van der Waals surface area contributed by atoms with Crippen molar-refractivity contribution in [2.24, 2.45) is 0 Å². The van der Waals surface area contributed by atoms with E-state index in [0.717, 1.165) is 22.0 Å². The molecule has 0 fully saturated rings. The number of ether oxygens (including phenoxy) is 3. The zero-order valence-corrected chi connectivity index (χ0v) is 35.6. The minimum Gasteiger partial charge on any atom is -0.494 e. The second-order valence-corrected chi connectivity index (χ2v) is 15.3. The Morgan fingerprint density at radius 2 is 1.33 bits per heavy atom. The van der Waals surface area contributed by atoms with Gasteiger partial charge >= 0.3 is 0 Å². The molecule has 0 bridgehead atoms. The Labute approximate surface area is 362 Å². The first-order chi connectivity index (χ1) is 30.5. The Kier molecular flexibility index (Phi) is 12.0. The van der Waals surface area contributed by atoms with Gasteiger partial charge in [0.2, 0.25) is 0 Å². The highest BCUT2D eigenvalue weighted by Crippen LogP contribution is 2.32. The summed E-state index contributed by atoms with van der Waals surface area (Å²) in [6, 6.07) is 32.0. The van der Waals surface area contributed by atoms with Crippen LogP contribution in [0.5, 0.6) is 17.2 Å². The summed E-state index contributed by atoms with van der Waals surface area (Å²) in [5, 5.41) is 1.58. The van der Waals surface area contributed by atoms with Crippen molar-refractivity contribution in [3.63, 3.8) is 0 Å². The van der Waals surface area contributed by atoms with Crippen molar-refractivity contribution in [1.29, 1.82) is 0 Å². The van der Waals surface area contributed by atoms with Gasteiger partial charge in [-0.2, -0.15) is 0 Å². The number of aromatic nitrogens is 2. The Morgan fingerprint density at radius 1 is 0.651 bits per heavy atom. The number of H-pyrrole nitrogens is 2. The maximum atomic E-state index is 14.4. The van der Waals surface area contributed by atoms with E-state index in [2.05, 4.69) is 9.97 Å². The normalized spacial score (nSPS) is 11.2. The molecule has 2 amide bonds. The second-order valence-electron chi connectivity index (χ2n) is 15.3. The highest BCUT2D eigenvalue weighted by molar-refractivity contribution is 5.96. The lowest BCUT2D eigenvalue weighted by atomic mass is 10.0. The number of pyridine rings is 2. The SMILES string of the molecule is CCOc1ccc(C(=O)N(Cc2ccc(-c3cccc(C(=O)N(Cc4ccco4)Cc4cc5cc(C)cc(C)c5[nH]c4=O)c3)o2)Cc2cc3cc(OC)c(OC)cc3[nH]c2=O)cc1. The number of amides is 2. The van der Waals surface area contributed by atoms with Crippen molar-refractivity contribution in [1.82, 2.24) is 19.8 Å². The molecule has 320 valence electrons. The summed E-state index contributed by atoms with van der Waals surface area (Å²) >= 11 is 0. The highest BCUT2D eigenvalue weighted by Gasteiger charge is 2.23. The van der Waals surface area contributed by atoms with E-state index in [1.165, 1.54) is 14.2 Å². The number of hydrogen-bond donors (Lipinski definition) is 2. The summed E-state index contributed by atoms with van der Waals surface area (Å²) in [6.45, 7) is 6.46. The first-order valence-corrected chi connectivity index (χ1v) is 20.4. The zero-order chi connectivity index (χ0) is 44.2. The highest BCUT2D eigenvalue weighted by atomic mass is 16.5. The van der Waals surface area contributed by atoms with Crippen LogP contribution in [0.1, 0.15) is 61.4 Å². The van der Waals surface area contributed by atoms with E-state index in [9.17, 15) is 19.2 Å². The van der Waals surface area contributed by atoms with Gasteiger partial charge in [0.1, 0.15) is 23.0 Å². The Balaban J connectivity index is 1.08. The summed E-state index contributed by atoms with van der Waals surface area (Å²) in [6.07, 6.45) is 1.54. The minimum absolute atomic E-state index is 0.0182. The molecule has 0 aliphatic rings. The van der Waals surface area contributed by atoms with Crippen molar-refractivity contribution in [2.75, 3.05) is 20.8 Å². The molecular weight excluding hydrogens is 801 g/mol. The van der Waals surface area contributed by atoms with Gasteiger partial charge in [0, 0.05) is 39.3 Å². The molecule has 13 heteroatoms. The summed E-state index contributed by atoms with van der Waals surface area (Å²) < 4.78 is 28.5. The van der Waals surface area contributed by atoms with Gasteiger partial charge in [-0.3, -0.25) is 19.2 Å². The average molecular weight is 847 g/mol. The molecule has 4 aromatic carbocycles. The molecule has 0 saturated heterocycles. The van der Waals surface area contributed by atoms with Crippen LogP contribution in [0.25, 0.3) is 33.1 Å². The van der Waals surface area contributed by atoms with E-state index in [1.54, 1.807) is 101 Å². The number of nitrogens with one attached hydrogen (secondary N) is 2. The van der Waals surface area contributed by atoms with Gasteiger partial charge in [-0.15, -0.1) is 0 Å². The predicted molar refractivity (Wildman–Crippen MR) is 239 cm³/mol. The maximum Gasteiger partial charge on any atom is 0.254 e. The molecule has 0 saturated carbocycles. The van der Waals surface area contributed by atoms with Gasteiger partial charge in [0.15, 0.2) is 11.5 Å². The smallest absolute Gasteiger partial charge is 0.254 e. The van der Waals surface area contributed by atoms with Crippen LogP contribution in [0, 0.1) is 13.8 Å². The van der Waals surface area contributed by atoms with Crippen LogP contribution in [0.3, 0.4) is 0 Å². The summed E-state index contributed by atoms with van der Waals surface area (Å²) in [5.41, 5.74) is 4.89. The lowest BCUT2D eigenvalue weighted by Gasteiger charge is -2.22. The van der Waals surface area contributed by atoms with Crippen molar-refractivity contribution in [2.45, 2.75) is 47.0 Å². The first-order valence-electron chi connectivity index (χ1n) is 20.4. The zero-order valence-electron chi connectivity index (χ0n) is 35.6. The number of aromatic amines is 2. The molecule has 0 unspecified atom stereocenters. The van der Waals surface area contributed by atoms with Crippen molar-refractivity contribution >= 4 is 33.6 Å². The number of nitrogens with zero attached hydrogens (tertiary/aromatic N) is 2. The van der Waals surface area contributed by atoms with E-state index < -0.39 is 0 Å². The van der Waals surface area contributed by atoms with Crippen LogP contribution < -0.4 is 25.3 Å². The minimum atomic E-state index is -0.364. The lowest BCUT2D eigenvalue weighted by molar-refractivity contribution is 0.0710. The van der Waals surface area contributed by atoms with Gasteiger partial charge < -0.3 is 42.8 Å². The maximum absolute atomic E-state index is 14.4. The molecule has 4 aromatic heterocycles. The van der Waals surface area contributed by atoms with Gasteiger partial charge in [-0.05, 0) is 117 Å². The van der Waals surface area contributed by atoms with Crippen LogP contribution in [0.4, 0.5) is 0 Å². The molecular formula is C50H46N4O9. The fourth-order valence-corrected chi connectivity index (χ4v) is 7.78. The molecule has 0 radical (unpaired) electrons. The summed E-state index contributed by atoms with van der Waals surface area (Å²) in [7, 11) is 3.06. The molecule has 0 aliphatic carbocycles. The number of aryl methyl sites for hydroxylation is 2. The Bertz CT molecular complexity index is 3070. The first kappa shape index (κ1) is 41.9. The molecule has 8 rings (SSSR count). The van der Waals surface area contributed by atoms with Crippen LogP contribution >= 0.6 is 0 Å². The van der Waals surface area contributed by atoms with E-state index in [-0.39, 0.29) is 49.1 Å². The average Bonchev–Trinajstić information content (AvgIpc) is 3.99. The molecule has 8 aromatic rings. The molecule has 13 nitrogen and oxygen atoms in total. The molecule has 0 aliphatic heterocycles. The number of hydrogen-bond acceptors (Lipinski definition) is 9. The third-order valence-electron chi connectivity index (χ3n) is 10.8. The predicted octanol–water partition coefficient (Wildman–Crippen LogP) is 8.94.